The molecule has 2 aromatic carbocycles. The average molecular weight is 264 g/mol. The van der Waals surface area contributed by atoms with E-state index in [1.54, 1.807) is 6.07 Å². The van der Waals surface area contributed by atoms with Gasteiger partial charge in [-0.3, -0.25) is 0 Å². The molecule has 0 fully saturated rings. The van der Waals surface area contributed by atoms with E-state index < -0.39 is 0 Å². The zero-order chi connectivity index (χ0) is 13.1. The average Bonchev–Trinajstić information content (AvgIpc) is 2.33. The van der Waals surface area contributed by atoms with Crippen LogP contribution < -0.4 is 5.32 Å². The number of hydrogen-bond acceptors (Lipinski definition) is 1. The van der Waals surface area contributed by atoms with Crippen LogP contribution in [0.4, 0.5) is 10.1 Å². The Bertz CT molecular complexity index is 554. The van der Waals surface area contributed by atoms with Gasteiger partial charge < -0.3 is 5.32 Å². The fourth-order valence-electron chi connectivity index (χ4n) is 1.87. The van der Waals surface area contributed by atoms with Crippen LogP contribution in [0.2, 0.25) is 5.02 Å². The molecule has 1 nitrogen and oxygen atoms in total. The predicted octanol–water partition coefficient (Wildman–Crippen LogP) is 4.96. The maximum Gasteiger partial charge on any atom is 0.146 e. The molecule has 2 rings (SSSR count). The first kappa shape index (κ1) is 12.9. The van der Waals surface area contributed by atoms with Crippen molar-refractivity contribution >= 4 is 17.3 Å². The Morgan fingerprint density at radius 3 is 2.56 bits per heavy atom. The van der Waals surface area contributed by atoms with Crippen molar-refractivity contribution in [2.75, 3.05) is 5.32 Å². The second kappa shape index (κ2) is 5.40. The fourth-order valence-corrected chi connectivity index (χ4v) is 2.17. The monoisotopic (exact) mass is 263 g/mol. The van der Waals surface area contributed by atoms with Gasteiger partial charge in [-0.25, -0.2) is 4.39 Å². The van der Waals surface area contributed by atoms with Gasteiger partial charge in [-0.15, -0.1) is 0 Å². The molecule has 2 aromatic rings. The molecular weight excluding hydrogens is 249 g/mol. The topological polar surface area (TPSA) is 12.0 Å². The van der Waals surface area contributed by atoms with Gasteiger partial charge in [0.15, 0.2) is 0 Å². The van der Waals surface area contributed by atoms with Crippen molar-refractivity contribution < 1.29 is 4.39 Å². The summed E-state index contributed by atoms with van der Waals surface area (Å²) in [6.07, 6.45) is 0. The zero-order valence-electron chi connectivity index (χ0n) is 10.4. The number of hydrogen-bond donors (Lipinski definition) is 1. The van der Waals surface area contributed by atoms with E-state index in [9.17, 15) is 4.39 Å². The smallest absolute Gasteiger partial charge is 0.146 e. The first-order valence-electron chi connectivity index (χ1n) is 5.85. The van der Waals surface area contributed by atoms with Crippen molar-refractivity contribution in [3.05, 3.63) is 64.4 Å². The highest BCUT2D eigenvalue weighted by molar-refractivity contribution is 6.31. The third-order valence-electron chi connectivity index (χ3n) is 2.87. The number of halogens is 2. The van der Waals surface area contributed by atoms with Gasteiger partial charge in [-0.05, 0) is 43.2 Å². The molecule has 0 aromatic heterocycles. The van der Waals surface area contributed by atoms with Crippen LogP contribution >= 0.6 is 11.6 Å². The van der Waals surface area contributed by atoms with Crippen molar-refractivity contribution in [2.45, 2.75) is 19.9 Å². The molecule has 0 aliphatic heterocycles. The van der Waals surface area contributed by atoms with E-state index in [4.69, 9.17) is 11.6 Å². The maximum absolute atomic E-state index is 13.7. The summed E-state index contributed by atoms with van der Waals surface area (Å²) < 4.78 is 13.7. The summed E-state index contributed by atoms with van der Waals surface area (Å²) in [4.78, 5) is 0. The normalized spacial score (nSPS) is 12.2. The number of rotatable bonds is 3. The Labute approximate surface area is 112 Å². The minimum Gasteiger partial charge on any atom is -0.376 e. The number of aryl methyl sites for hydroxylation is 1. The first-order valence-corrected chi connectivity index (χ1v) is 6.23. The lowest BCUT2D eigenvalue weighted by atomic mass is 10.1. The lowest BCUT2D eigenvalue weighted by Gasteiger charge is -2.17. The van der Waals surface area contributed by atoms with E-state index in [1.807, 2.05) is 44.2 Å². The standard InChI is InChI=1S/C15H15ClFN/c1-10-7-8-15(14(17)9-10)18-11(2)12-5-3-4-6-13(12)16/h3-9,11,18H,1-2H3. The second-order valence-electron chi connectivity index (χ2n) is 4.37. The van der Waals surface area contributed by atoms with Gasteiger partial charge in [0.25, 0.3) is 0 Å². The van der Waals surface area contributed by atoms with Crippen LogP contribution in [0.25, 0.3) is 0 Å². The van der Waals surface area contributed by atoms with Crippen molar-refractivity contribution in [1.29, 1.82) is 0 Å². The Morgan fingerprint density at radius 2 is 1.89 bits per heavy atom. The van der Waals surface area contributed by atoms with Gasteiger partial charge in [0, 0.05) is 5.02 Å². The van der Waals surface area contributed by atoms with Crippen molar-refractivity contribution in [3.63, 3.8) is 0 Å². The Kier molecular flexibility index (Phi) is 3.87. The third kappa shape index (κ3) is 2.82. The molecule has 3 heteroatoms. The van der Waals surface area contributed by atoms with Gasteiger partial charge in [-0.1, -0.05) is 35.9 Å². The summed E-state index contributed by atoms with van der Waals surface area (Å²) >= 11 is 6.12. The van der Waals surface area contributed by atoms with Gasteiger partial charge in [0.2, 0.25) is 0 Å². The largest absolute Gasteiger partial charge is 0.376 e. The molecule has 0 spiro atoms. The molecule has 1 atom stereocenters. The highest BCUT2D eigenvalue weighted by Crippen LogP contribution is 2.26. The van der Waals surface area contributed by atoms with E-state index >= 15 is 0 Å². The highest BCUT2D eigenvalue weighted by atomic mass is 35.5. The second-order valence-corrected chi connectivity index (χ2v) is 4.78. The van der Waals surface area contributed by atoms with Crippen molar-refractivity contribution in [2.24, 2.45) is 0 Å². The molecular formula is C15H15ClFN. The Hall–Kier alpha value is -1.54. The number of nitrogens with one attached hydrogen (secondary N) is 1. The summed E-state index contributed by atoms with van der Waals surface area (Å²) in [5.74, 6) is -0.242. The van der Waals surface area contributed by atoms with Crippen LogP contribution in [0.3, 0.4) is 0 Å². The van der Waals surface area contributed by atoms with E-state index in [2.05, 4.69) is 5.32 Å². The molecule has 0 aliphatic rings. The molecule has 1 N–H and O–H groups in total. The predicted molar refractivity (Wildman–Crippen MR) is 74.6 cm³/mol. The molecule has 0 radical (unpaired) electrons. The first-order chi connectivity index (χ1) is 8.58. The van der Waals surface area contributed by atoms with Crippen LogP contribution in [0.15, 0.2) is 42.5 Å². The van der Waals surface area contributed by atoms with Crippen LogP contribution in [-0.4, -0.2) is 0 Å². The molecule has 0 saturated heterocycles. The van der Waals surface area contributed by atoms with Gasteiger partial charge in [0.1, 0.15) is 5.82 Å². The van der Waals surface area contributed by atoms with Crippen LogP contribution in [0.5, 0.6) is 0 Å². The van der Waals surface area contributed by atoms with Crippen LogP contribution in [0.1, 0.15) is 24.1 Å². The Balaban J connectivity index is 2.21. The van der Waals surface area contributed by atoms with E-state index in [-0.39, 0.29) is 11.9 Å². The minimum atomic E-state index is -0.242. The molecule has 0 amide bonds. The third-order valence-corrected chi connectivity index (χ3v) is 3.21. The maximum atomic E-state index is 13.7. The van der Waals surface area contributed by atoms with E-state index in [0.717, 1.165) is 11.1 Å². The zero-order valence-corrected chi connectivity index (χ0v) is 11.1. The molecule has 0 heterocycles. The minimum absolute atomic E-state index is 0.0455. The van der Waals surface area contributed by atoms with Gasteiger partial charge >= 0.3 is 0 Å². The van der Waals surface area contributed by atoms with Gasteiger partial charge in [0.05, 0.1) is 11.7 Å². The summed E-state index contributed by atoms with van der Waals surface area (Å²) in [6.45, 7) is 3.82. The number of benzene rings is 2. The summed E-state index contributed by atoms with van der Waals surface area (Å²) in [5, 5.41) is 3.82. The fraction of sp³-hybridized carbons (Fsp3) is 0.200. The van der Waals surface area contributed by atoms with E-state index in [1.165, 1.54) is 6.07 Å². The highest BCUT2D eigenvalue weighted by Gasteiger charge is 2.11. The molecule has 0 aliphatic carbocycles. The van der Waals surface area contributed by atoms with Crippen molar-refractivity contribution in [1.82, 2.24) is 0 Å². The van der Waals surface area contributed by atoms with Gasteiger partial charge in [-0.2, -0.15) is 0 Å². The lowest BCUT2D eigenvalue weighted by molar-refractivity contribution is 0.626. The lowest BCUT2D eigenvalue weighted by Crippen LogP contribution is -2.08. The molecule has 94 valence electrons. The number of anilines is 1. The summed E-state index contributed by atoms with van der Waals surface area (Å²) in [6, 6.07) is 12.7. The molecule has 0 bridgehead atoms. The van der Waals surface area contributed by atoms with E-state index in [0.29, 0.717) is 10.7 Å². The van der Waals surface area contributed by atoms with Crippen molar-refractivity contribution in [3.8, 4) is 0 Å². The quantitative estimate of drug-likeness (QED) is 0.825. The molecule has 18 heavy (non-hydrogen) atoms. The molecule has 0 saturated carbocycles. The summed E-state index contributed by atoms with van der Waals surface area (Å²) in [7, 11) is 0. The summed E-state index contributed by atoms with van der Waals surface area (Å²) in [5.41, 5.74) is 2.36. The Morgan fingerprint density at radius 1 is 1.17 bits per heavy atom. The van der Waals surface area contributed by atoms with Crippen LogP contribution in [0, 0.1) is 12.7 Å². The molecule has 1 unspecified atom stereocenters. The van der Waals surface area contributed by atoms with Crippen LogP contribution in [-0.2, 0) is 0 Å². The SMILES string of the molecule is Cc1ccc(NC(C)c2ccccc2Cl)c(F)c1.